The Kier molecular flexibility index (Phi) is 8.15. The number of carboxylic acid groups (broad SMARTS) is 1. The number of furan rings is 1. The summed E-state index contributed by atoms with van der Waals surface area (Å²) in [4.78, 5) is 23.6. The summed E-state index contributed by atoms with van der Waals surface area (Å²) >= 11 is 0. The van der Waals surface area contributed by atoms with E-state index >= 15 is 0 Å². The summed E-state index contributed by atoms with van der Waals surface area (Å²) in [6, 6.07) is 14.2. The molecule has 7 nitrogen and oxygen atoms in total. The molecule has 1 amide bonds. The van der Waals surface area contributed by atoms with Crippen LogP contribution < -0.4 is 5.32 Å². The minimum Gasteiger partial charge on any atom is -0.475 e. The number of benzene rings is 1. The van der Waals surface area contributed by atoms with E-state index in [9.17, 15) is 18.0 Å². The van der Waals surface area contributed by atoms with E-state index in [1.807, 2.05) is 0 Å². The smallest absolute Gasteiger partial charge is 0.475 e. The van der Waals surface area contributed by atoms with Crippen molar-refractivity contribution in [1.29, 1.82) is 0 Å². The Morgan fingerprint density at radius 3 is 2.55 bits per heavy atom. The number of hydrogen-bond donors (Lipinski definition) is 2. The number of hydrogen-bond acceptors (Lipinski definition) is 5. The van der Waals surface area contributed by atoms with Crippen molar-refractivity contribution in [2.45, 2.75) is 43.5 Å². The van der Waals surface area contributed by atoms with Crippen LogP contribution >= 0.6 is 0 Å². The van der Waals surface area contributed by atoms with Gasteiger partial charge in [0.25, 0.3) is 5.91 Å². The van der Waals surface area contributed by atoms with Gasteiger partial charge in [-0.1, -0.05) is 30.3 Å². The predicted molar refractivity (Wildman–Crippen MR) is 113 cm³/mol. The molecule has 1 aromatic heterocycles. The molecule has 2 saturated heterocycles. The van der Waals surface area contributed by atoms with E-state index in [1.165, 1.54) is 11.8 Å². The Morgan fingerprint density at radius 1 is 1.18 bits per heavy atom. The summed E-state index contributed by atoms with van der Waals surface area (Å²) < 4.78 is 43.1. The first-order valence-electron chi connectivity index (χ1n) is 10.7. The molecular formula is C23H27F3N2O5. The highest BCUT2D eigenvalue weighted by atomic mass is 19.4. The van der Waals surface area contributed by atoms with Gasteiger partial charge >= 0.3 is 12.1 Å². The molecule has 2 atom stereocenters. The third-order valence-electron chi connectivity index (χ3n) is 5.77. The van der Waals surface area contributed by atoms with Crippen molar-refractivity contribution in [3.8, 4) is 0 Å². The maximum atomic E-state index is 12.2. The van der Waals surface area contributed by atoms with Gasteiger partial charge in [-0.05, 0) is 43.4 Å². The number of nitrogens with one attached hydrogen (secondary N) is 1. The van der Waals surface area contributed by atoms with Crippen molar-refractivity contribution in [1.82, 2.24) is 10.2 Å². The number of carboxylic acids is 1. The summed E-state index contributed by atoms with van der Waals surface area (Å²) in [5.74, 6) is -2.51. The van der Waals surface area contributed by atoms with Gasteiger partial charge < -0.3 is 24.5 Å². The van der Waals surface area contributed by atoms with Gasteiger partial charge in [0.1, 0.15) is 0 Å². The van der Waals surface area contributed by atoms with E-state index in [4.69, 9.17) is 19.1 Å². The van der Waals surface area contributed by atoms with Gasteiger partial charge in [-0.15, -0.1) is 0 Å². The zero-order chi connectivity index (χ0) is 23.9. The van der Waals surface area contributed by atoms with E-state index in [1.54, 1.807) is 12.1 Å². The molecule has 0 unspecified atom stereocenters. The second kappa shape index (κ2) is 10.8. The number of nitrogens with zero attached hydrogens (tertiary/aromatic N) is 1. The van der Waals surface area contributed by atoms with Gasteiger partial charge in [-0.25, -0.2) is 4.79 Å². The summed E-state index contributed by atoms with van der Waals surface area (Å²) in [6.07, 6.45) is 0.284. The molecule has 33 heavy (non-hydrogen) atoms. The Morgan fingerprint density at radius 2 is 1.91 bits per heavy atom. The van der Waals surface area contributed by atoms with Gasteiger partial charge in [0.2, 0.25) is 0 Å². The first-order chi connectivity index (χ1) is 15.7. The van der Waals surface area contributed by atoms with Gasteiger partial charge in [-0.3, -0.25) is 4.79 Å². The molecule has 2 fully saturated rings. The first kappa shape index (κ1) is 24.8. The predicted octanol–water partition coefficient (Wildman–Crippen LogP) is 3.51. The van der Waals surface area contributed by atoms with Crippen LogP contribution in [0.1, 0.15) is 35.4 Å². The van der Waals surface area contributed by atoms with Crippen LogP contribution in [0.15, 0.2) is 53.1 Å². The molecule has 3 heterocycles. The van der Waals surface area contributed by atoms with Gasteiger partial charge in [-0.2, -0.15) is 13.2 Å². The van der Waals surface area contributed by atoms with Crippen LogP contribution in [-0.4, -0.2) is 65.9 Å². The zero-order valence-electron chi connectivity index (χ0n) is 18.0. The van der Waals surface area contributed by atoms with Crippen molar-refractivity contribution in [3.63, 3.8) is 0 Å². The molecule has 180 valence electrons. The number of ether oxygens (including phenoxy) is 1. The monoisotopic (exact) mass is 468 g/mol. The van der Waals surface area contributed by atoms with Crippen molar-refractivity contribution in [2.24, 2.45) is 0 Å². The van der Waals surface area contributed by atoms with Crippen LogP contribution in [0.25, 0.3) is 0 Å². The Balaban J connectivity index is 0.000000383. The molecule has 2 aliphatic heterocycles. The van der Waals surface area contributed by atoms with Crippen molar-refractivity contribution >= 4 is 11.9 Å². The number of alkyl halides is 3. The molecule has 2 aromatic rings. The Hall–Kier alpha value is -2.85. The summed E-state index contributed by atoms with van der Waals surface area (Å²) in [6.45, 7) is 3.77. The van der Waals surface area contributed by atoms with Crippen LogP contribution in [0.4, 0.5) is 13.2 Å². The molecule has 1 spiro atoms. The fraction of sp³-hybridized carbons (Fsp3) is 0.478. The number of aliphatic carboxylic acids is 1. The maximum Gasteiger partial charge on any atom is 0.490 e. The van der Waals surface area contributed by atoms with E-state index < -0.39 is 12.1 Å². The van der Waals surface area contributed by atoms with E-state index in [0.29, 0.717) is 12.4 Å². The van der Waals surface area contributed by atoms with Crippen molar-refractivity contribution in [3.05, 3.63) is 60.1 Å². The Bertz CT molecular complexity index is 905. The summed E-state index contributed by atoms with van der Waals surface area (Å²) in [5, 5.41) is 10.2. The molecule has 1 aromatic carbocycles. The second-order valence-electron chi connectivity index (χ2n) is 8.24. The van der Waals surface area contributed by atoms with E-state index in [-0.39, 0.29) is 17.6 Å². The van der Waals surface area contributed by atoms with Gasteiger partial charge in [0.15, 0.2) is 5.76 Å². The molecule has 0 radical (unpaired) electrons. The zero-order valence-corrected chi connectivity index (χ0v) is 18.0. The quantitative estimate of drug-likeness (QED) is 0.698. The lowest BCUT2D eigenvalue weighted by Crippen LogP contribution is -2.50. The maximum absolute atomic E-state index is 12.2. The molecule has 10 heteroatoms. The van der Waals surface area contributed by atoms with Crippen LogP contribution in [-0.2, 0) is 16.0 Å². The molecule has 2 aliphatic rings. The topological polar surface area (TPSA) is 92.0 Å². The summed E-state index contributed by atoms with van der Waals surface area (Å²) in [7, 11) is 0. The molecule has 0 aliphatic carbocycles. The number of rotatable bonds is 5. The number of likely N-dealkylation sites (tertiary alicyclic amines) is 1. The number of amides is 1. The van der Waals surface area contributed by atoms with Crippen LogP contribution in [0.3, 0.4) is 0 Å². The van der Waals surface area contributed by atoms with Crippen LogP contribution in [0.5, 0.6) is 0 Å². The minimum atomic E-state index is -5.08. The summed E-state index contributed by atoms with van der Waals surface area (Å²) in [5.41, 5.74) is 1.26. The standard InChI is InChI=1S/C21H26N2O3.C2HF3O2/c24-20(19-7-4-13-25-19)22-18-9-14-26-21(15-18)10-12-23(16-21)11-8-17-5-2-1-3-6-17;3-2(4,5)1(6)7/h1-7,13,18H,8-12,14-16H2,(H,22,24);(H,6,7)/t18-,21+;/m0./s1. The SMILES string of the molecule is O=C(N[C@H]1CCO[C@]2(CCN(CCc3ccccc3)C2)C1)c1ccco1.O=C(O)C(F)(F)F. The normalized spacial score (nSPS) is 23.1. The number of carbonyl (C=O) groups is 2. The van der Waals surface area contributed by atoms with Gasteiger partial charge in [0, 0.05) is 32.3 Å². The minimum absolute atomic E-state index is 0.115. The van der Waals surface area contributed by atoms with Gasteiger partial charge in [0.05, 0.1) is 11.9 Å². The Labute approximate surface area is 189 Å². The average molecular weight is 468 g/mol. The lowest BCUT2D eigenvalue weighted by atomic mass is 9.89. The lowest BCUT2D eigenvalue weighted by Gasteiger charge is -2.38. The molecule has 0 bridgehead atoms. The number of carbonyl (C=O) groups excluding carboxylic acids is 1. The van der Waals surface area contributed by atoms with Crippen molar-refractivity contribution < 1.29 is 37.0 Å². The van der Waals surface area contributed by atoms with E-state index in [2.05, 4.69) is 40.5 Å². The largest absolute Gasteiger partial charge is 0.490 e. The van der Waals surface area contributed by atoms with Crippen LogP contribution in [0.2, 0.25) is 0 Å². The van der Waals surface area contributed by atoms with Crippen molar-refractivity contribution in [2.75, 3.05) is 26.2 Å². The second-order valence-corrected chi connectivity index (χ2v) is 8.24. The highest BCUT2D eigenvalue weighted by molar-refractivity contribution is 5.91. The fourth-order valence-electron chi connectivity index (χ4n) is 4.15. The highest BCUT2D eigenvalue weighted by Crippen LogP contribution is 2.34. The molecule has 4 rings (SSSR count). The third kappa shape index (κ3) is 7.33. The highest BCUT2D eigenvalue weighted by Gasteiger charge is 2.43. The lowest BCUT2D eigenvalue weighted by molar-refractivity contribution is -0.192. The first-order valence-corrected chi connectivity index (χ1v) is 10.7. The molecule has 0 saturated carbocycles. The van der Waals surface area contributed by atoms with Crippen LogP contribution in [0, 0.1) is 0 Å². The third-order valence-corrected chi connectivity index (χ3v) is 5.77. The van der Waals surface area contributed by atoms with E-state index in [0.717, 1.165) is 45.3 Å². The number of halogens is 3. The fourth-order valence-corrected chi connectivity index (χ4v) is 4.15. The molecule has 2 N–H and O–H groups in total. The average Bonchev–Trinajstić information content (AvgIpc) is 3.44. The molecular weight excluding hydrogens is 441 g/mol.